The Labute approximate surface area is 154 Å². The molecule has 0 radical (unpaired) electrons. The van der Waals surface area contributed by atoms with Crippen molar-refractivity contribution in [1.29, 1.82) is 0 Å². The number of hydrogen-bond donors (Lipinski definition) is 4. The number of H-pyrrole nitrogens is 1. The zero-order chi connectivity index (χ0) is 18.4. The first-order valence-corrected chi connectivity index (χ1v) is 8.98. The Morgan fingerprint density at radius 3 is 2.77 bits per heavy atom. The van der Waals surface area contributed by atoms with Gasteiger partial charge in [-0.2, -0.15) is 0 Å². The van der Waals surface area contributed by atoms with Crippen molar-refractivity contribution in [3.8, 4) is 0 Å². The van der Waals surface area contributed by atoms with E-state index in [-0.39, 0.29) is 0 Å². The molecule has 0 aliphatic heterocycles. The Kier molecular flexibility index (Phi) is 6.08. The molecule has 26 heavy (non-hydrogen) atoms. The molecule has 0 bridgehead atoms. The maximum atomic E-state index is 10.9. The molecule has 2 aromatic carbocycles. The number of nitrogens with one attached hydrogen (secondary N) is 3. The number of aromatic amines is 1. The van der Waals surface area contributed by atoms with Gasteiger partial charge in [0.15, 0.2) is 6.29 Å². The molecule has 0 atom stereocenters. The van der Waals surface area contributed by atoms with Crippen molar-refractivity contribution in [2.24, 2.45) is 0 Å². The number of hydroxylamine groups is 1. The van der Waals surface area contributed by atoms with Gasteiger partial charge in [-0.3, -0.25) is 4.79 Å². The van der Waals surface area contributed by atoms with Crippen molar-refractivity contribution in [2.45, 2.75) is 13.1 Å². The average Bonchev–Trinajstić information content (AvgIpc) is 3.25. The number of benzene rings is 2. The standard InChI is InChI=1S/C18H15N3OS.CH5NO/c22-11-14-8-13-7-12(5-6-17(13)23-14)9-19-10-18-20-15-3-1-2-4-16(15)21-18;1-2-3/h1-8,11,19H,9-10H2,(H,20,21);2-3H,1H3. The van der Waals surface area contributed by atoms with Crippen LogP contribution in [0.5, 0.6) is 0 Å². The van der Waals surface area contributed by atoms with E-state index in [1.54, 1.807) is 5.48 Å². The first kappa shape index (κ1) is 18.2. The van der Waals surface area contributed by atoms with E-state index < -0.39 is 0 Å². The molecular formula is C19H20N4O2S. The van der Waals surface area contributed by atoms with Crippen LogP contribution >= 0.6 is 11.3 Å². The van der Waals surface area contributed by atoms with Gasteiger partial charge in [0.2, 0.25) is 0 Å². The lowest BCUT2D eigenvalue weighted by atomic mass is 10.1. The zero-order valence-electron chi connectivity index (χ0n) is 14.3. The van der Waals surface area contributed by atoms with E-state index in [0.29, 0.717) is 6.54 Å². The summed E-state index contributed by atoms with van der Waals surface area (Å²) < 4.78 is 1.15. The molecule has 4 aromatic rings. The van der Waals surface area contributed by atoms with Crippen LogP contribution in [0, 0.1) is 0 Å². The van der Waals surface area contributed by atoms with Gasteiger partial charge < -0.3 is 15.5 Å². The monoisotopic (exact) mass is 368 g/mol. The van der Waals surface area contributed by atoms with E-state index >= 15 is 0 Å². The summed E-state index contributed by atoms with van der Waals surface area (Å²) in [6.07, 6.45) is 0.907. The van der Waals surface area contributed by atoms with E-state index in [4.69, 9.17) is 5.21 Å². The Morgan fingerprint density at radius 2 is 2.00 bits per heavy atom. The molecule has 4 rings (SSSR count). The third-order valence-corrected chi connectivity index (χ3v) is 4.82. The highest BCUT2D eigenvalue weighted by Gasteiger charge is 2.04. The van der Waals surface area contributed by atoms with Crippen molar-refractivity contribution in [1.82, 2.24) is 20.8 Å². The van der Waals surface area contributed by atoms with Crippen molar-refractivity contribution >= 4 is 38.7 Å². The largest absolute Gasteiger partial charge is 0.341 e. The average molecular weight is 368 g/mol. The fraction of sp³-hybridized carbons (Fsp3) is 0.158. The Morgan fingerprint density at radius 1 is 1.19 bits per heavy atom. The molecule has 0 aliphatic carbocycles. The van der Waals surface area contributed by atoms with Crippen LogP contribution in [-0.2, 0) is 13.1 Å². The topological polar surface area (TPSA) is 90.0 Å². The van der Waals surface area contributed by atoms with Crippen LogP contribution in [0.2, 0.25) is 0 Å². The van der Waals surface area contributed by atoms with Gasteiger partial charge in [-0.25, -0.2) is 10.5 Å². The van der Waals surface area contributed by atoms with Gasteiger partial charge in [-0.05, 0) is 41.3 Å². The number of aldehydes is 1. The van der Waals surface area contributed by atoms with Gasteiger partial charge in [-0.15, -0.1) is 11.3 Å². The lowest BCUT2D eigenvalue weighted by Crippen LogP contribution is -2.13. The van der Waals surface area contributed by atoms with Crippen LogP contribution in [-0.4, -0.2) is 28.5 Å². The Balaban J connectivity index is 0.000000613. The van der Waals surface area contributed by atoms with Crippen molar-refractivity contribution in [3.63, 3.8) is 0 Å². The summed E-state index contributed by atoms with van der Waals surface area (Å²) in [6, 6.07) is 16.3. The van der Waals surface area contributed by atoms with Gasteiger partial charge in [0, 0.05) is 18.3 Å². The number of carbonyl (C=O) groups excluding carboxylic acids is 1. The van der Waals surface area contributed by atoms with Crippen LogP contribution in [0.4, 0.5) is 0 Å². The predicted molar refractivity (Wildman–Crippen MR) is 105 cm³/mol. The normalized spacial score (nSPS) is 10.7. The predicted octanol–water partition coefficient (Wildman–Crippen LogP) is 3.47. The van der Waals surface area contributed by atoms with Gasteiger partial charge in [-0.1, -0.05) is 18.2 Å². The molecule has 2 heterocycles. The molecule has 0 saturated heterocycles. The molecule has 7 heteroatoms. The van der Waals surface area contributed by atoms with E-state index in [2.05, 4.69) is 33.5 Å². The minimum absolute atomic E-state index is 0.690. The Hall–Kier alpha value is -2.58. The summed E-state index contributed by atoms with van der Waals surface area (Å²) in [5.41, 5.74) is 5.00. The highest BCUT2D eigenvalue weighted by Crippen LogP contribution is 2.25. The number of rotatable bonds is 5. The molecule has 4 N–H and O–H groups in total. The number of nitrogens with zero attached hydrogens (tertiary/aromatic N) is 1. The van der Waals surface area contributed by atoms with E-state index in [1.807, 2.05) is 30.3 Å². The van der Waals surface area contributed by atoms with Gasteiger partial charge in [0.25, 0.3) is 0 Å². The van der Waals surface area contributed by atoms with Crippen LogP contribution < -0.4 is 10.8 Å². The molecule has 0 aliphatic rings. The molecule has 0 spiro atoms. The number of thiophene rings is 1. The molecular weight excluding hydrogens is 348 g/mol. The first-order chi connectivity index (χ1) is 12.7. The molecule has 134 valence electrons. The van der Waals surface area contributed by atoms with E-state index in [0.717, 1.165) is 44.7 Å². The highest BCUT2D eigenvalue weighted by atomic mass is 32.1. The number of carbonyl (C=O) groups is 1. The highest BCUT2D eigenvalue weighted by molar-refractivity contribution is 7.20. The van der Waals surface area contributed by atoms with Crippen molar-refractivity contribution in [3.05, 3.63) is 64.8 Å². The molecule has 0 fully saturated rings. The van der Waals surface area contributed by atoms with Gasteiger partial charge in [0.05, 0.1) is 22.5 Å². The zero-order valence-corrected chi connectivity index (χ0v) is 15.1. The first-order valence-electron chi connectivity index (χ1n) is 8.16. The summed E-state index contributed by atoms with van der Waals surface area (Å²) in [7, 11) is 1.43. The molecule has 0 saturated carbocycles. The third-order valence-electron chi connectivity index (χ3n) is 3.78. The van der Waals surface area contributed by atoms with Gasteiger partial charge >= 0.3 is 0 Å². The number of aromatic nitrogens is 2. The van der Waals surface area contributed by atoms with Crippen LogP contribution in [0.3, 0.4) is 0 Å². The maximum Gasteiger partial charge on any atom is 0.160 e. The minimum atomic E-state index is 0.690. The molecule has 2 aromatic heterocycles. The number of para-hydroxylation sites is 2. The Bertz CT molecular complexity index is 976. The summed E-state index contributed by atoms with van der Waals surface area (Å²) in [5, 5.41) is 11.8. The van der Waals surface area contributed by atoms with Crippen molar-refractivity contribution in [2.75, 3.05) is 7.05 Å². The lowest BCUT2D eigenvalue weighted by Gasteiger charge is -2.03. The molecule has 0 amide bonds. The van der Waals surface area contributed by atoms with E-state index in [1.165, 1.54) is 23.9 Å². The summed E-state index contributed by atoms with van der Waals surface area (Å²) in [5.74, 6) is 0.936. The van der Waals surface area contributed by atoms with Crippen LogP contribution in [0.25, 0.3) is 21.1 Å². The minimum Gasteiger partial charge on any atom is -0.341 e. The van der Waals surface area contributed by atoms with Crippen LogP contribution in [0.1, 0.15) is 21.1 Å². The number of fused-ring (bicyclic) bond motifs is 2. The van der Waals surface area contributed by atoms with Gasteiger partial charge in [0.1, 0.15) is 5.82 Å². The summed E-state index contributed by atoms with van der Waals surface area (Å²) in [4.78, 5) is 19.5. The second kappa shape index (κ2) is 8.68. The fourth-order valence-corrected chi connectivity index (χ4v) is 3.56. The second-order valence-corrected chi connectivity index (χ2v) is 6.78. The molecule has 0 unspecified atom stereocenters. The lowest BCUT2D eigenvalue weighted by molar-refractivity contribution is 0.112. The SMILES string of the molecule is CNO.O=Cc1cc2cc(CNCc3nc4ccccc4[nH]3)ccc2s1. The number of imidazole rings is 1. The second-order valence-electron chi connectivity index (χ2n) is 5.67. The smallest absolute Gasteiger partial charge is 0.160 e. The number of hydrogen-bond acceptors (Lipinski definition) is 6. The molecule has 6 nitrogen and oxygen atoms in total. The fourth-order valence-electron chi connectivity index (χ4n) is 2.70. The van der Waals surface area contributed by atoms with Crippen LogP contribution in [0.15, 0.2) is 48.5 Å². The quantitative estimate of drug-likeness (QED) is 0.320. The summed E-state index contributed by atoms with van der Waals surface area (Å²) in [6.45, 7) is 1.45. The summed E-state index contributed by atoms with van der Waals surface area (Å²) >= 11 is 1.53. The van der Waals surface area contributed by atoms with Crippen molar-refractivity contribution < 1.29 is 10.0 Å². The third kappa shape index (κ3) is 4.33. The van der Waals surface area contributed by atoms with E-state index in [9.17, 15) is 4.79 Å². The maximum absolute atomic E-state index is 10.9.